The van der Waals surface area contributed by atoms with E-state index >= 15 is 0 Å². The third-order valence-electron chi connectivity index (χ3n) is 2.64. The summed E-state index contributed by atoms with van der Waals surface area (Å²) in [5.41, 5.74) is 5.62. The largest absolute Gasteiger partial charge is 0.481 e. The third-order valence-corrected chi connectivity index (χ3v) is 2.64. The molecule has 0 spiro atoms. The van der Waals surface area contributed by atoms with Crippen LogP contribution in [0.5, 0.6) is 0 Å². The van der Waals surface area contributed by atoms with Crippen molar-refractivity contribution in [1.82, 2.24) is 10.6 Å². The SMILES string of the molecule is CC(CCC(=O)O)NC(=O)CNC(=O)[C@@H](N)C(C)C. The highest BCUT2D eigenvalue weighted by molar-refractivity contribution is 5.87. The second-order valence-electron chi connectivity index (χ2n) is 4.89. The van der Waals surface area contributed by atoms with E-state index in [0.717, 1.165) is 0 Å². The molecule has 0 aromatic heterocycles. The van der Waals surface area contributed by atoms with Gasteiger partial charge in [-0.15, -0.1) is 0 Å². The molecular weight excluding hydrogens is 250 g/mol. The van der Waals surface area contributed by atoms with Crippen LogP contribution in [0.4, 0.5) is 0 Å². The molecule has 0 saturated carbocycles. The Labute approximate surface area is 112 Å². The van der Waals surface area contributed by atoms with Gasteiger partial charge < -0.3 is 21.5 Å². The zero-order chi connectivity index (χ0) is 15.0. The Morgan fingerprint density at radius 2 is 1.79 bits per heavy atom. The molecule has 0 radical (unpaired) electrons. The fourth-order valence-electron chi connectivity index (χ4n) is 1.33. The lowest BCUT2D eigenvalue weighted by molar-refractivity contribution is -0.137. The van der Waals surface area contributed by atoms with Gasteiger partial charge in [-0.25, -0.2) is 0 Å². The average molecular weight is 273 g/mol. The molecule has 0 bridgehead atoms. The molecule has 19 heavy (non-hydrogen) atoms. The van der Waals surface area contributed by atoms with E-state index in [-0.39, 0.29) is 36.7 Å². The molecule has 110 valence electrons. The summed E-state index contributed by atoms with van der Waals surface area (Å²) in [5, 5.41) is 13.5. The summed E-state index contributed by atoms with van der Waals surface area (Å²) < 4.78 is 0. The van der Waals surface area contributed by atoms with Crippen LogP contribution in [0.25, 0.3) is 0 Å². The van der Waals surface area contributed by atoms with E-state index in [2.05, 4.69) is 10.6 Å². The van der Waals surface area contributed by atoms with Crippen LogP contribution in [0.2, 0.25) is 0 Å². The Bertz CT molecular complexity index is 331. The van der Waals surface area contributed by atoms with Crippen molar-refractivity contribution >= 4 is 17.8 Å². The molecule has 2 amide bonds. The minimum Gasteiger partial charge on any atom is -0.481 e. The normalized spacial score (nSPS) is 13.7. The molecule has 7 heteroatoms. The lowest BCUT2D eigenvalue weighted by atomic mass is 10.1. The molecule has 0 heterocycles. The van der Waals surface area contributed by atoms with E-state index in [0.29, 0.717) is 6.42 Å². The third kappa shape index (κ3) is 8.15. The van der Waals surface area contributed by atoms with Gasteiger partial charge in [0.2, 0.25) is 11.8 Å². The number of nitrogens with two attached hydrogens (primary N) is 1. The van der Waals surface area contributed by atoms with Crippen LogP contribution in [0.1, 0.15) is 33.6 Å². The molecule has 0 fully saturated rings. The lowest BCUT2D eigenvalue weighted by Crippen LogP contribution is -2.48. The van der Waals surface area contributed by atoms with Gasteiger partial charge in [0.15, 0.2) is 0 Å². The minimum absolute atomic E-state index is 0.00227. The summed E-state index contributed by atoms with van der Waals surface area (Å²) in [7, 11) is 0. The number of hydrogen-bond acceptors (Lipinski definition) is 4. The van der Waals surface area contributed by atoms with E-state index < -0.39 is 12.0 Å². The van der Waals surface area contributed by atoms with Crippen molar-refractivity contribution in [3.8, 4) is 0 Å². The summed E-state index contributed by atoms with van der Waals surface area (Å²) in [5.74, 6) is -1.64. The van der Waals surface area contributed by atoms with Crippen LogP contribution in [0.3, 0.4) is 0 Å². The van der Waals surface area contributed by atoms with Crippen LogP contribution < -0.4 is 16.4 Å². The fraction of sp³-hybridized carbons (Fsp3) is 0.750. The maximum absolute atomic E-state index is 11.5. The van der Waals surface area contributed by atoms with Crippen LogP contribution >= 0.6 is 0 Å². The Morgan fingerprint density at radius 1 is 1.21 bits per heavy atom. The predicted octanol–water partition coefficient (Wildman–Crippen LogP) is -0.545. The topological polar surface area (TPSA) is 122 Å². The summed E-state index contributed by atoms with van der Waals surface area (Å²) in [6.07, 6.45) is 0.340. The molecule has 0 aliphatic heterocycles. The van der Waals surface area contributed by atoms with E-state index in [1.807, 2.05) is 13.8 Å². The summed E-state index contributed by atoms with van der Waals surface area (Å²) in [4.78, 5) is 33.3. The Kier molecular flexibility index (Phi) is 7.74. The van der Waals surface area contributed by atoms with Crippen LogP contribution in [0, 0.1) is 5.92 Å². The molecule has 0 rings (SSSR count). The Morgan fingerprint density at radius 3 is 2.26 bits per heavy atom. The van der Waals surface area contributed by atoms with E-state index in [4.69, 9.17) is 10.8 Å². The Hall–Kier alpha value is -1.63. The van der Waals surface area contributed by atoms with E-state index in [1.165, 1.54) is 0 Å². The standard InChI is InChI=1S/C12H23N3O4/c1-7(2)11(13)12(19)14-6-9(16)15-8(3)4-5-10(17)18/h7-8,11H,4-6,13H2,1-3H3,(H,14,19)(H,15,16)(H,17,18)/t8?,11-/m0/s1. The Balaban J connectivity index is 3.92. The van der Waals surface area contributed by atoms with E-state index in [1.54, 1.807) is 6.92 Å². The molecule has 0 aliphatic carbocycles. The summed E-state index contributed by atoms with van der Waals surface area (Å²) >= 11 is 0. The van der Waals surface area contributed by atoms with Gasteiger partial charge >= 0.3 is 5.97 Å². The average Bonchev–Trinajstić information content (AvgIpc) is 2.32. The van der Waals surface area contributed by atoms with Crippen molar-refractivity contribution in [2.75, 3.05) is 6.54 Å². The number of carbonyl (C=O) groups excluding carboxylic acids is 2. The summed E-state index contributed by atoms with van der Waals surface area (Å²) in [6.45, 7) is 5.19. The molecule has 0 aromatic carbocycles. The number of amides is 2. The molecule has 0 aliphatic rings. The molecule has 7 nitrogen and oxygen atoms in total. The molecule has 1 unspecified atom stereocenters. The van der Waals surface area contributed by atoms with Crippen LogP contribution in [-0.4, -0.2) is 41.5 Å². The maximum Gasteiger partial charge on any atom is 0.303 e. The zero-order valence-corrected chi connectivity index (χ0v) is 11.6. The van der Waals surface area contributed by atoms with Crippen LogP contribution in [0.15, 0.2) is 0 Å². The van der Waals surface area contributed by atoms with Gasteiger partial charge in [0.1, 0.15) is 0 Å². The number of rotatable bonds is 8. The number of carboxylic acids is 1. The molecule has 0 aromatic rings. The second kappa shape index (κ2) is 8.47. The van der Waals surface area contributed by atoms with Gasteiger partial charge in [-0.2, -0.15) is 0 Å². The van der Waals surface area contributed by atoms with Gasteiger partial charge in [-0.1, -0.05) is 13.8 Å². The van der Waals surface area contributed by atoms with Crippen LogP contribution in [-0.2, 0) is 14.4 Å². The molecule has 0 saturated heterocycles. The van der Waals surface area contributed by atoms with Crippen molar-refractivity contribution in [3.63, 3.8) is 0 Å². The van der Waals surface area contributed by atoms with Gasteiger partial charge in [0.05, 0.1) is 12.6 Å². The first-order valence-corrected chi connectivity index (χ1v) is 6.28. The highest BCUT2D eigenvalue weighted by Gasteiger charge is 2.18. The second-order valence-corrected chi connectivity index (χ2v) is 4.89. The minimum atomic E-state index is -0.905. The highest BCUT2D eigenvalue weighted by Crippen LogP contribution is 1.98. The monoisotopic (exact) mass is 273 g/mol. The predicted molar refractivity (Wildman–Crippen MR) is 70.3 cm³/mol. The smallest absolute Gasteiger partial charge is 0.303 e. The van der Waals surface area contributed by atoms with Crippen molar-refractivity contribution < 1.29 is 19.5 Å². The van der Waals surface area contributed by atoms with Crippen molar-refractivity contribution in [1.29, 1.82) is 0 Å². The number of nitrogens with one attached hydrogen (secondary N) is 2. The number of carbonyl (C=O) groups is 3. The number of aliphatic carboxylic acids is 1. The molecule has 2 atom stereocenters. The first-order chi connectivity index (χ1) is 8.73. The van der Waals surface area contributed by atoms with Crippen molar-refractivity contribution in [2.45, 2.75) is 45.7 Å². The zero-order valence-electron chi connectivity index (χ0n) is 11.6. The van der Waals surface area contributed by atoms with Gasteiger partial charge in [0.25, 0.3) is 0 Å². The van der Waals surface area contributed by atoms with Gasteiger partial charge in [-0.05, 0) is 19.3 Å². The first kappa shape index (κ1) is 17.4. The number of carboxylic acid groups (broad SMARTS) is 1. The highest BCUT2D eigenvalue weighted by atomic mass is 16.4. The first-order valence-electron chi connectivity index (χ1n) is 6.28. The fourth-order valence-corrected chi connectivity index (χ4v) is 1.33. The quantitative estimate of drug-likeness (QED) is 0.473. The van der Waals surface area contributed by atoms with Crippen molar-refractivity contribution in [2.24, 2.45) is 11.7 Å². The summed E-state index contributed by atoms with van der Waals surface area (Å²) in [6, 6.07) is -0.892. The number of hydrogen-bond donors (Lipinski definition) is 4. The molecular formula is C12H23N3O4. The van der Waals surface area contributed by atoms with Gasteiger partial charge in [0, 0.05) is 12.5 Å². The van der Waals surface area contributed by atoms with Gasteiger partial charge in [-0.3, -0.25) is 14.4 Å². The van der Waals surface area contributed by atoms with E-state index in [9.17, 15) is 14.4 Å². The molecule has 5 N–H and O–H groups in total. The maximum atomic E-state index is 11.5. The lowest BCUT2D eigenvalue weighted by Gasteiger charge is -2.16. The van der Waals surface area contributed by atoms with Crippen molar-refractivity contribution in [3.05, 3.63) is 0 Å².